The van der Waals surface area contributed by atoms with Gasteiger partial charge in [-0.2, -0.15) is 13.2 Å². The minimum absolute atomic E-state index is 0.368. The van der Waals surface area contributed by atoms with Crippen molar-refractivity contribution in [1.29, 1.82) is 0 Å². The van der Waals surface area contributed by atoms with Crippen LogP contribution in [0.1, 0.15) is 19.4 Å². The molecule has 1 heterocycles. The van der Waals surface area contributed by atoms with E-state index in [1.165, 1.54) is 11.8 Å². The van der Waals surface area contributed by atoms with Gasteiger partial charge in [0.25, 0.3) is 0 Å². The Hall–Kier alpha value is -2.00. The molecular weight excluding hydrogens is 383 g/mol. The highest BCUT2D eigenvalue weighted by atomic mass is 19.4. The van der Waals surface area contributed by atoms with Crippen molar-refractivity contribution < 1.29 is 17.9 Å². The van der Waals surface area contributed by atoms with Crippen LogP contribution in [0, 0.1) is 0 Å². The lowest BCUT2D eigenvalue weighted by atomic mass is 10.2. The van der Waals surface area contributed by atoms with E-state index < -0.39 is 12.2 Å². The van der Waals surface area contributed by atoms with Gasteiger partial charge in [0.1, 0.15) is 6.04 Å². The van der Waals surface area contributed by atoms with Crippen LogP contribution in [-0.4, -0.2) is 81.0 Å². The molecule has 0 saturated carbocycles. The molecule has 0 amide bonds. The highest BCUT2D eigenvalue weighted by molar-refractivity contribution is 5.80. The monoisotopic (exact) mass is 415 g/mol. The number of halogens is 3. The van der Waals surface area contributed by atoms with Crippen LogP contribution >= 0.6 is 0 Å². The van der Waals surface area contributed by atoms with E-state index in [4.69, 9.17) is 4.74 Å². The van der Waals surface area contributed by atoms with Gasteiger partial charge < -0.3 is 20.3 Å². The van der Waals surface area contributed by atoms with Gasteiger partial charge in [0.2, 0.25) is 0 Å². The molecule has 0 spiro atoms. The molecule has 0 radical (unpaired) electrons. The van der Waals surface area contributed by atoms with Crippen molar-refractivity contribution in [2.45, 2.75) is 32.6 Å². The van der Waals surface area contributed by atoms with Crippen molar-refractivity contribution in [3.8, 4) is 0 Å². The van der Waals surface area contributed by atoms with Crippen LogP contribution in [0.5, 0.6) is 0 Å². The summed E-state index contributed by atoms with van der Waals surface area (Å²) in [6.45, 7) is 7.61. The third-order valence-electron chi connectivity index (χ3n) is 4.97. The second-order valence-corrected chi connectivity index (χ2v) is 7.03. The largest absolute Gasteiger partial charge is 0.403 e. The van der Waals surface area contributed by atoms with Crippen LogP contribution in [0.3, 0.4) is 0 Å². The standard InChI is InChI=1S/C20H32F3N5O/c1-4-24-19(28-12-10-27(11-13-28)16(2)20(21,22)23)26-15-17-5-7-18(8-6-17)25-9-14-29-3/h5-8,16,25H,4,9-15H2,1-3H3,(H,24,26). The van der Waals surface area contributed by atoms with E-state index >= 15 is 0 Å². The summed E-state index contributed by atoms with van der Waals surface area (Å²) in [7, 11) is 1.67. The predicted molar refractivity (Wildman–Crippen MR) is 110 cm³/mol. The van der Waals surface area contributed by atoms with Crippen molar-refractivity contribution in [3.63, 3.8) is 0 Å². The van der Waals surface area contributed by atoms with Gasteiger partial charge in [-0.3, -0.25) is 4.90 Å². The van der Waals surface area contributed by atoms with E-state index in [0.29, 0.717) is 45.9 Å². The van der Waals surface area contributed by atoms with Crippen LogP contribution in [0.25, 0.3) is 0 Å². The Morgan fingerprint density at radius 2 is 1.83 bits per heavy atom. The molecule has 1 aliphatic heterocycles. The SMILES string of the molecule is CCNC(=NCc1ccc(NCCOC)cc1)N1CCN(C(C)C(F)(F)F)CC1. The number of ether oxygens (including phenoxy) is 1. The average molecular weight is 416 g/mol. The van der Waals surface area contributed by atoms with Crippen LogP contribution in [0.2, 0.25) is 0 Å². The van der Waals surface area contributed by atoms with Crippen molar-refractivity contribution >= 4 is 11.6 Å². The van der Waals surface area contributed by atoms with Crippen LogP contribution in [-0.2, 0) is 11.3 Å². The number of nitrogens with one attached hydrogen (secondary N) is 2. The first-order chi connectivity index (χ1) is 13.8. The molecule has 1 fully saturated rings. The number of benzene rings is 1. The van der Waals surface area contributed by atoms with Crippen LogP contribution in [0.15, 0.2) is 29.3 Å². The summed E-state index contributed by atoms with van der Waals surface area (Å²) in [4.78, 5) is 8.19. The summed E-state index contributed by atoms with van der Waals surface area (Å²) in [5, 5.41) is 6.52. The molecule has 0 aromatic heterocycles. The maximum atomic E-state index is 12.9. The first kappa shape index (κ1) is 23.3. The molecule has 1 aliphatic rings. The van der Waals surface area contributed by atoms with E-state index in [9.17, 15) is 13.2 Å². The van der Waals surface area contributed by atoms with Crippen LogP contribution < -0.4 is 10.6 Å². The fourth-order valence-electron chi connectivity index (χ4n) is 3.15. The molecule has 2 rings (SSSR count). The highest BCUT2D eigenvalue weighted by Crippen LogP contribution is 2.25. The zero-order chi connectivity index (χ0) is 21.3. The fraction of sp³-hybridized carbons (Fsp3) is 0.650. The Bertz CT molecular complexity index is 628. The third-order valence-corrected chi connectivity index (χ3v) is 4.97. The van der Waals surface area contributed by atoms with Gasteiger partial charge in [-0.1, -0.05) is 12.1 Å². The molecule has 164 valence electrons. The van der Waals surface area contributed by atoms with E-state index in [2.05, 4.69) is 15.6 Å². The molecule has 0 aliphatic carbocycles. The van der Waals surface area contributed by atoms with Gasteiger partial charge in [0.15, 0.2) is 5.96 Å². The zero-order valence-corrected chi connectivity index (χ0v) is 17.4. The van der Waals surface area contributed by atoms with Crippen molar-refractivity contribution in [1.82, 2.24) is 15.1 Å². The number of piperazine rings is 1. The molecule has 6 nitrogen and oxygen atoms in total. The topological polar surface area (TPSA) is 52.1 Å². The van der Waals surface area contributed by atoms with E-state index in [0.717, 1.165) is 23.8 Å². The molecule has 1 aromatic rings. The van der Waals surface area contributed by atoms with E-state index in [-0.39, 0.29) is 0 Å². The maximum absolute atomic E-state index is 12.9. The molecular formula is C20H32F3N5O. The summed E-state index contributed by atoms with van der Waals surface area (Å²) in [5.74, 6) is 0.745. The Morgan fingerprint density at radius 1 is 1.17 bits per heavy atom. The van der Waals surface area contributed by atoms with Gasteiger partial charge in [0, 0.05) is 52.1 Å². The Balaban J connectivity index is 1.91. The lowest BCUT2D eigenvalue weighted by molar-refractivity contribution is -0.181. The smallest absolute Gasteiger partial charge is 0.383 e. The van der Waals surface area contributed by atoms with Gasteiger partial charge in [-0.15, -0.1) is 0 Å². The summed E-state index contributed by atoms with van der Waals surface area (Å²) in [5.41, 5.74) is 2.10. The normalized spacial score (nSPS) is 17.3. The lowest BCUT2D eigenvalue weighted by Crippen LogP contribution is -2.56. The zero-order valence-electron chi connectivity index (χ0n) is 17.4. The number of guanidine groups is 1. The van der Waals surface area contributed by atoms with Gasteiger partial charge in [0.05, 0.1) is 13.2 Å². The average Bonchev–Trinajstić information content (AvgIpc) is 2.71. The maximum Gasteiger partial charge on any atom is 0.403 e. The number of alkyl halides is 3. The first-order valence-corrected chi connectivity index (χ1v) is 10.0. The number of rotatable bonds is 8. The van der Waals surface area contributed by atoms with Gasteiger partial charge in [-0.05, 0) is 31.5 Å². The molecule has 1 saturated heterocycles. The molecule has 1 aromatic carbocycles. The summed E-state index contributed by atoms with van der Waals surface area (Å²) in [6, 6.07) is 6.63. The van der Waals surface area contributed by atoms with Crippen molar-refractivity contribution in [2.24, 2.45) is 4.99 Å². The minimum atomic E-state index is -4.19. The van der Waals surface area contributed by atoms with Gasteiger partial charge >= 0.3 is 6.18 Å². The number of anilines is 1. The Labute approximate surface area is 171 Å². The number of nitrogens with zero attached hydrogens (tertiary/aromatic N) is 3. The Morgan fingerprint density at radius 3 is 2.38 bits per heavy atom. The van der Waals surface area contributed by atoms with Crippen molar-refractivity contribution in [3.05, 3.63) is 29.8 Å². The summed E-state index contributed by atoms with van der Waals surface area (Å²) < 4.78 is 43.8. The molecule has 1 atom stereocenters. The first-order valence-electron chi connectivity index (χ1n) is 10.0. The number of hydrogen-bond donors (Lipinski definition) is 2. The third kappa shape index (κ3) is 7.40. The van der Waals surface area contributed by atoms with E-state index in [1.807, 2.05) is 36.1 Å². The van der Waals surface area contributed by atoms with E-state index in [1.54, 1.807) is 7.11 Å². The highest BCUT2D eigenvalue weighted by Gasteiger charge is 2.41. The molecule has 0 bridgehead atoms. The second kappa shape index (κ2) is 11.3. The minimum Gasteiger partial charge on any atom is -0.383 e. The summed E-state index contributed by atoms with van der Waals surface area (Å²) >= 11 is 0. The lowest BCUT2D eigenvalue weighted by Gasteiger charge is -2.39. The van der Waals surface area contributed by atoms with Crippen LogP contribution in [0.4, 0.5) is 18.9 Å². The molecule has 2 N–H and O–H groups in total. The molecule has 9 heteroatoms. The molecule has 29 heavy (non-hydrogen) atoms. The summed E-state index contributed by atoms with van der Waals surface area (Å²) in [6.07, 6.45) is -4.19. The predicted octanol–water partition coefficient (Wildman–Crippen LogP) is 2.78. The number of aliphatic imine (C=N–C) groups is 1. The second-order valence-electron chi connectivity index (χ2n) is 7.03. The number of hydrogen-bond acceptors (Lipinski definition) is 4. The van der Waals surface area contributed by atoms with Crippen molar-refractivity contribution in [2.75, 3.05) is 58.3 Å². The number of methoxy groups -OCH3 is 1. The molecule has 1 unspecified atom stereocenters. The fourth-order valence-corrected chi connectivity index (χ4v) is 3.15. The van der Waals surface area contributed by atoms with Gasteiger partial charge in [-0.25, -0.2) is 4.99 Å². The quantitative estimate of drug-likeness (QED) is 0.389. The Kier molecular flexibility index (Phi) is 9.03.